The molecule has 0 amide bonds. The molecule has 20 heavy (non-hydrogen) atoms. The maximum absolute atomic E-state index is 9.30. The van der Waals surface area contributed by atoms with Crippen molar-refractivity contribution in [2.24, 2.45) is 0 Å². The number of nitrogens with two attached hydrogens (primary N) is 1. The molecule has 5 nitrogen and oxygen atoms in total. The van der Waals surface area contributed by atoms with Crippen molar-refractivity contribution in [2.75, 3.05) is 36.9 Å². The summed E-state index contributed by atoms with van der Waals surface area (Å²) in [5, 5.41) is 9.30. The molecule has 0 aliphatic carbocycles. The molecule has 112 valence electrons. The van der Waals surface area contributed by atoms with E-state index >= 15 is 0 Å². The van der Waals surface area contributed by atoms with Crippen LogP contribution < -0.4 is 15.4 Å². The van der Waals surface area contributed by atoms with Crippen LogP contribution in [0.2, 0.25) is 0 Å². The number of aliphatic hydroxyl groups is 1. The van der Waals surface area contributed by atoms with Crippen molar-refractivity contribution in [1.29, 1.82) is 0 Å². The number of hydrogen-bond donors (Lipinski definition) is 2. The molecule has 1 saturated heterocycles. The second-order valence-electron chi connectivity index (χ2n) is 5.26. The maximum Gasteiger partial charge on any atom is 0.123 e. The van der Waals surface area contributed by atoms with Gasteiger partial charge in [0.2, 0.25) is 0 Å². The van der Waals surface area contributed by atoms with Gasteiger partial charge < -0.3 is 25.2 Å². The average Bonchev–Trinajstić information content (AvgIpc) is 2.43. The molecule has 2 rings (SSSR count). The van der Waals surface area contributed by atoms with Crippen LogP contribution in [0.25, 0.3) is 0 Å². The van der Waals surface area contributed by atoms with Gasteiger partial charge in [-0.25, -0.2) is 0 Å². The van der Waals surface area contributed by atoms with E-state index in [1.165, 1.54) is 0 Å². The van der Waals surface area contributed by atoms with Crippen LogP contribution >= 0.6 is 0 Å². The first-order chi connectivity index (χ1) is 9.62. The summed E-state index contributed by atoms with van der Waals surface area (Å²) in [6.07, 6.45) is 0.896. The van der Waals surface area contributed by atoms with E-state index in [9.17, 15) is 5.11 Å². The average molecular weight is 280 g/mol. The number of nitrogens with zero attached hydrogens (tertiary/aromatic N) is 1. The summed E-state index contributed by atoms with van der Waals surface area (Å²) >= 11 is 0. The lowest BCUT2D eigenvalue weighted by Gasteiger charge is -2.37. The van der Waals surface area contributed by atoms with E-state index in [1.54, 1.807) is 0 Å². The SMILES string of the molecule is CCCOc1cc(N)cc(N2CC(C)OC(CO)C2)c1. The first-order valence-electron chi connectivity index (χ1n) is 7.17. The Morgan fingerprint density at radius 1 is 1.40 bits per heavy atom. The highest BCUT2D eigenvalue weighted by Gasteiger charge is 2.25. The van der Waals surface area contributed by atoms with Crippen LogP contribution in [0.15, 0.2) is 18.2 Å². The maximum atomic E-state index is 9.30. The lowest BCUT2D eigenvalue weighted by atomic mass is 10.1. The van der Waals surface area contributed by atoms with Gasteiger partial charge in [0.1, 0.15) is 5.75 Å². The molecule has 3 N–H and O–H groups in total. The monoisotopic (exact) mass is 280 g/mol. The molecule has 1 fully saturated rings. The summed E-state index contributed by atoms with van der Waals surface area (Å²) < 4.78 is 11.3. The summed E-state index contributed by atoms with van der Waals surface area (Å²) in [7, 11) is 0. The summed E-state index contributed by atoms with van der Waals surface area (Å²) in [5.74, 6) is 0.793. The highest BCUT2D eigenvalue weighted by Crippen LogP contribution is 2.28. The van der Waals surface area contributed by atoms with Crippen molar-refractivity contribution in [3.63, 3.8) is 0 Å². The van der Waals surface area contributed by atoms with Gasteiger partial charge in [0.15, 0.2) is 0 Å². The Labute approximate surface area is 120 Å². The third-order valence-electron chi connectivity index (χ3n) is 3.28. The number of morpholine rings is 1. The van der Waals surface area contributed by atoms with Gasteiger partial charge in [-0.1, -0.05) is 6.92 Å². The number of rotatable bonds is 5. The highest BCUT2D eigenvalue weighted by atomic mass is 16.5. The Balaban J connectivity index is 2.16. The van der Waals surface area contributed by atoms with Crippen molar-refractivity contribution >= 4 is 11.4 Å². The minimum absolute atomic E-state index is 0.0301. The Morgan fingerprint density at radius 2 is 2.20 bits per heavy atom. The van der Waals surface area contributed by atoms with E-state index in [0.717, 1.165) is 24.4 Å². The lowest BCUT2D eigenvalue weighted by molar-refractivity contribution is -0.0421. The smallest absolute Gasteiger partial charge is 0.123 e. The minimum atomic E-state index is -0.153. The van der Waals surface area contributed by atoms with Gasteiger partial charge in [0, 0.05) is 36.6 Å². The van der Waals surface area contributed by atoms with Gasteiger partial charge in [-0.2, -0.15) is 0 Å². The van der Waals surface area contributed by atoms with Crippen molar-refractivity contribution in [2.45, 2.75) is 32.5 Å². The standard InChI is InChI=1S/C15H24N2O3/c1-3-4-19-14-6-12(16)5-13(7-14)17-8-11(2)20-15(9-17)10-18/h5-7,11,15,18H,3-4,8-10,16H2,1-2H3. The highest BCUT2D eigenvalue weighted by molar-refractivity contribution is 5.61. The largest absolute Gasteiger partial charge is 0.493 e. The first kappa shape index (κ1) is 14.9. The molecule has 1 heterocycles. The number of aliphatic hydroxyl groups excluding tert-OH is 1. The number of anilines is 2. The van der Waals surface area contributed by atoms with E-state index in [2.05, 4.69) is 11.8 Å². The van der Waals surface area contributed by atoms with Crippen LogP contribution in [0.5, 0.6) is 5.75 Å². The van der Waals surface area contributed by atoms with Crippen LogP contribution in [-0.4, -0.2) is 43.6 Å². The summed E-state index contributed by atoms with van der Waals surface area (Å²) in [6, 6.07) is 5.77. The number of nitrogen functional groups attached to an aromatic ring is 1. The molecule has 0 bridgehead atoms. The van der Waals surface area contributed by atoms with Crippen LogP contribution in [-0.2, 0) is 4.74 Å². The molecule has 0 spiro atoms. The first-order valence-corrected chi connectivity index (χ1v) is 7.17. The van der Waals surface area contributed by atoms with Gasteiger partial charge in [-0.05, 0) is 19.4 Å². The Bertz CT molecular complexity index is 439. The van der Waals surface area contributed by atoms with E-state index in [4.69, 9.17) is 15.2 Å². The predicted molar refractivity (Wildman–Crippen MR) is 80.3 cm³/mol. The molecule has 0 saturated carbocycles. The Morgan fingerprint density at radius 3 is 2.90 bits per heavy atom. The van der Waals surface area contributed by atoms with E-state index in [0.29, 0.717) is 18.8 Å². The van der Waals surface area contributed by atoms with Gasteiger partial charge in [0.25, 0.3) is 0 Å². The van der Waals surface area contributed by atoms with Crippen LogP contribution in [0.3, 0.4) is 0 Å². The van der Waals surface area contributed by atoms with Gasteiger partial charge in [0.05, 0.1) is 25.4 Å². The van der Waals surface area contributed by atoms with Crippen LogP contribution in [0.1, 0.15) is 20.3 Å². The van der Waals surface area contributed by atoms with Crippen LogP contribution in [0, 0.1) is 0 Å². The molecule has 0 radical (unpaired) electrons. The number of hydrogen-bond acceptors (Lipinski definition) is 5. The van der Waals surface area contributed by atoms with E-state index in [1.807, 2.05) is 25.1 Å². The fourth-order valence-corrected chi connectivity index (χ4v) is 2.45. The predicted octanol–water partition coefficient (Wildman–Crippen LogP) is 1.64. The third kappa shape index (κ3) is 3.77. The number of benzene rings is 1. The third-order valence-corrected chi connectivity index (χ3v) is 3.28. The zero-order chi connectivity index (χ0) is 14.5. The normalized spacial score (nSPS) is 22.9. The van der Waals surface area contributed by atoms with Gasteiger partial charge in [-0.15, -0.1) is 0 Å². The molecule has 2 atom stereocenters. The molecule has 1 aliphatic heterocycles. The summed E-state index contributed by atoms with van der Waals surface area (Å²) in [5.41, 5.74) is 7.66. The quantitative estimate of drug-likeness (QED) is 0.803. The Kier molecular flexibility index (Phi) is 5.09. The molecule has 2 unspecified atom stereocenters. The fourth-order valence-electron chi connectivity index (χ4n) is 2.45. The molecule has 1 aromatic carbocycles. The second kappa shape index (κ2) is 6.81. The van der Waals surface area contributed by atoms with Crippen molar-refractivity contribution < 1.29 is 14.6 Å². The van der Waals surface area contributed by atoms with Gasteiger partial charge >= 0.3 is 0 Å². The zero-order valence-corrected chi connectivity index (χ0v) is 12.2. The van der Waals surface area contributed by atoms with Gasteiger partial charge in [-0.3, -0.25) is 0 Å². The number of ether oxygens (including phenoxy) is 2. The molecular formula is C15H24N2O3. The van der Waals surface area contributed by atoms with E-state index in [-0.39, 0.29) is 18.8 Å². The van der Waals surface area contributed by atoms with Crippen molar-refractivity contribution in [1.82, 2.24) is 0 Å². The topological polar surface area (TPSA) is 68.0 Å². The van der Waals surface area contributed by atoms with E-state index < -0.39 is 0 Å². The second-order valence-corrected chi connectivity index (χ2v) is 5.26. The van der Waals surface area contributed by atoms with Crippen LogP contribution in [0.4, 0.5) is 11.4 Å². The molecule has 5 heteroatoms. The fraction of sp³-hybridized carbons (Fsp3) is 0.600. The van der Waals surface area contributed by atoms with Crippen molar-refractivity contribution in [3.05, 3.63) is 18.2 Å². The molecule has 0 aromatic heterocycles. The van der Waals surface area contributed by atoms with Crippen molar-refractivity contribution in [3.8, 4) is 5.75 Å². The molecule has 1 aliphatic rings. The molecular weight excluding hydrogens is 256 g/mol. The lowest BCUT2D eigenvalue weighted by Crippen LogP contribution is -2.48. The summed E-state index contributed by atoms with van der Waals surface area (Å²) in [6.45, 7) is 6.24. The summed E-state index contributed by atoms with van der Waals surface area (Å²) in [4.78, 5) is 2.18. The zero-order valence-electron chi connectivity index (χ0n) is 12.2. The Hall–Kier alpha value is -1.46. The molecule has 1 aromatic rings. The minimum Gasteiger partial charge on any atom is -0.493 e.